The van der Waals surface area contributed by atoms with Gasteiger partial charge in [0.05, 0.1) is 18.1 Å². The van der Waals surface area contributed by atoms with Crippen molar-refractivity contribution in [2.24, 2.45) is 0 Å². The lowest BCUT2D eigenvalue weighted by Crippen LogP contribution is -2.17. The van der Waals surface area contributed by atoms with Crippen LogP contribution in [0.2, 0.25) is 0 Å². The normalized spacial score (nSPS) is 11.2. The second kappa shape index (κ2) is 6.65. The van der Waals surface area contributed by atoms with Crippen molar-refractivity contribution in [3.05, 3.63) is 30.4 Å². The van der Waals surface area contributed by atoms with Crippen molar-refractivity contribution >= 4 is 18.1 Å². The Hall–Kier alpha value is -1.70. The van der Waals surface area contributed by atoms with Crippen LogP contribution in [0.1, 0.15) is 12.5 Å². The zero-order chi connectivity index (χ0) is 13.9. The minimum absolute atomic E-state index is 0. The van der Waals surface area contributed by atoms with Gasteiger partial charge in [-0.2, -0.15) is 23.4 Å². The molecule has 1 N–H and O–H groups in total. The fourth-order valence-corrected chi connectivity index (χ4v) is 1.60. The summed E-state index contributed by atoms with van der Waals surface area (Å²) < 4.78 is 39.1. The molecule has 5 nitrogen and oxygen atoms in total. The number of rotatable bonds is 5. The zero-order valence-corrected chi connectivity index (χ0v) is 11.6. The number of aryl methyl sites for hydroxylation is 1. The molecule has 0 atom stereocenters. The highest BCUT2D eigenvalue weighted by Crippen LogP contribution is 2.17. The first-order chi connectivity index (χ1) is 8.96. The van der Waals surface area contributed by atoms with E-state index in [-0.39, 0.29) is 12.4 Å². The molecule has 20 heavy (non-hydrogen) atoms. The molecule has 0 amide bonds. The largest absolute Gasteiger partial charge is 0.408 e. The van der Waals surface area contributed by atoms with Gasteiger partial charge in [0.25, 0.3) is 0 Å². The van der Waals surface area contributed by atoms with Crippen LogP contribution in [-0.2, 0) is 19.6 Å². The monoisotopic (exact) mass is 309 g/mol. The fourth-order valence-electron chi connectivity index (χ4n) is 1.60. The third-order valence-electron chi connectivity index (χ3n) is 2.48. The van der Waals surface area contributed by atoms with Gasteiger partial charge in [0.2, 0.25) is 0 Å². The van der Waals surface area contributed by atoms with Crippen molar-refractivity contribution in [1.29, 1.82) is 0 Å². The average Bonchev–Trinajstić information content (AvgIpc) is 2.93. The highest BCUT2D eigenvalue weighted by molar-refractivity contribution is 5.85. The highest BCUT2D eigenvalue weighted by Gasteiger charge is 2.28. The quantitative estimate of drug-likeness (QED) is 0.924. The zero-order valence-electron chi connectivity index (χ0n) is 10.8. The third-order valence-corrected chi connectivity index (χ3v) is 2.48. The van der Waals surface area contributed by atoms with Crippen LogP contribution in [0.25, 0.3) is 0 Å². The molecule has 112 valence electrons. The Morgan fingerprint density at radius 2 is 1.85 bits per heavy atom. The van der Waals surface area contributed by atoms with E-state index in [4.69, 9.17) is 0 Å². The SMILES string of the molecule is CCn1cc(NCc2cnn(CC(F)(F)F)c2)cn1.Cl. The summed E-state index contributed by atoms with van der Waals surface area (Å²) in [6.07, 6.45) is 2.05. The van der Waals surface area contributed by atoms with Crippen molar-refractivity contribution in [1.82, 2.24) is 19.6 Å². The predicted molar refractivity (Wildman–Crippen MR) is 70.8 cm³/mol. The maximum absolute atomic E-state index is 12.2. The molecule has 2 heterocycles. The molecule has 0 aliphatic carbocycles. The van der Waals surface area contributed by atoms with Crippen LogP contribution >= 0.6 is 12.4 Å². The van der Waals surface area contributed by atoms with Gasteiger partial charge < -0.3 is 5.32 Å². The van der Waals surface area contributed by atoms with Gasteiger partial charge in [0.15, 0.2) is 0 Å². The van der Waals surface area contributed by atoms with Crippen molar-refractivity contribution in [2.75, 3.05) is 5.32 Å². The second-order valence-electron chi connectivity index (χ2n) is 4.10. The number of hydrogen-bond acceptors (Lipinski definition) is 3. The smallest absolute Gasteiger partial charge is 0.378 e. The number of anilines is 1. The summed E-state index contributed by atoms with van der Waals surface area (Å²) in [5, 5.41) is 10.8. The van der Waals surface area contributed by atoms with E-state index in [1.54, 1.807) is 10.9 Å². The van der Waals surface area contributed by atoms with E-state index >= 15 is 0 Å². The first-order valence-electron chi connectivity index (χ1n) is 5.80. The van der Waals surface area contributed by atoms with Crippen molar-refractivity contribution in [3.63, 3.8) is 0 Å². The molecular weight excluding hydrogens is 295 g/mol. The molecule has 0 unspecified atom stereocenters. The van der Waals surface area contributed by atoms with Gasteiger partial charge in [0.1, 0.15) is 6.54 Å². The topological polar surface area (TPSA) is 47.7 Å². The van der Waals surface area contributed by atoms with Gasteiger partial charge in [-0.15, -0.1) is 12.4 Å². The molecule has 0 bridgehead atoms. The van der Waals surface area contributed by atoms with Gasteiger partial charge in [-0.05, 0) is 6.92 Å². The summed E-state index contributed by atoms with van der Waals surface area (Å²) in [6, 6.07) is 0. The molecule has 0 radical (unpaired) electrons. The van der Waals surface area contributed by atoms with E-state index in [1.165, 1.54) is 12.4 Å². The maximum Gasteiger partial charge on any atom is 0.408 e. The Bertz CT molecular complexity index is 534. The molecule has 0 spiro atoms. The summed E-state index contributed by atoms with van der Waals surface area (Å²) in [4.78, 5) is 0. The molecule has 0 aliphatic rings. The van der Waals surface area contributed by atoms with E-state index in [9.17, 15) is 13.2 Å². The van der Waals surface area contributed by atoms with E-state index < -0.39 is 12.7 Å². The Labute approximate surface area is 120 Å². The van der Waals surface area contributed by atoms with Crippen molar-refractivity contribution < 1.29 is 13.2 Å². The van der Waals surface area contributed by atoms with Crippen LogP contribution in [-0.4, -0.2) is 25.7 Å². The standard InChI is InChI=1S/C11H14F3N5.ClH/c1-2-18-7-10(5-17-18)15-3-9-4-16-19(6-9)8-11(12,13)14;/h4-7,15H,2-3,8H2,1H3;1H. The number of nitrogens with zero attached hydrogens (tertiary/aromatic N) is 4. The number of aromatic nitrogens is 4. The van der Waals surface area contributed by atoms with Gasteiger partial charge >= 0.3 is 6.18 Å². The van der Waals surface area contributed by atoms with Crippen molar-refractivity contribution in [3.8, 4) is 0 Å². The summed E-state index contributed by atoms with van der Waals surface area (Å²) in [5.41, 5.74) is 1.51. The molecule has 0 saturated carbocycles. The maximum atomic E-state index is 12.2. The van der Waals surface area contributed by atoms with Crippen LogP contribution < -0.4 is 5.32 Å². The first-order valence-corrected chi connectivity index (χ1v) is 5.80. The summed E-state index contributed by atoms with van der Waals surface area (Å²) >= 11 is 0. The van der Waals surface area contributed by atoms with Crippen LogP contribution in [0.5, 0.6) is 0 Å². The molecule has 9 heteroatoms. The summed E-state index contributed by atoms with van der Waals surface area (Å²) in [6.45, 7) is 2.08. The number of nitrogens with one attached hydrogen (secondary N) is 1. The first kappa shape index (κ1) is 16.4. The highest BCUT2D eigenvalue weighted by atomic mass is 35.5. The van der Waals surface area contributed by atoms with Gasteiger partial charge in [-0.3, -0.25) is 9.36 Å². The molecule has 0 fully saturated rings. The predicted octanol–water partition coefficient (Wildman–Crippen LogP) is 2.70. The molecule has 2 aromatic heterocycles. The Morgan fingerprint density at radius 3 is 2.45 bits per heavy atom. The molecular formula is C11H15ClF3N5. The molecule has 0 saturated heterocycles. The molecule has 0 aromatic carbocycles. The van der Waals surface area contributed by atoms with E-state index in [0.29, 0.717) is 12.1 Å². The lowest BCUT2D eigenvalue weighted by atomic mass is 10.3. The summed E-state index contributed by atoms with van der Waals surface area (Å²) in [7, 11) is 0. The molecule has 2 aromatic rings. The summed E-state index contributed by atoms with van der Waals surface area (Å²) in [5.74, 6) is 0. The van der Waals surface area contributed by atoms with Gasteiger partial charge in [-0.1, -0.05) is 0 Å². The van der Waals surface area contributed by atoms with E-state index in [0.717, 1.165) is 16.9 Å². The lowest BCUT2D eigenvalue weighted by Gasteiger charge is -2.05. The molecule has 0 aliphatic heterocycles. The molecule has 2 rings (SSSR count). The van der Waals surface area contributed by atoms with E-state index in [2.05, 4.69) is 15.5 Å². The minimum atomic E-state index is -4.25. The van der Waals surface area contributed by atoms with Gasteiger partial charge in [-0.25, -0.2) is 0 Å². The Kier molecular flexibility index (Phi) is 5.43. The van der Waals surface area contributed by atoms with Crippen molar-refractivity contribution in [2.45, 2.75) is 32.7 Å². The van der Waals surface area contributed by atoms with Crippen LogP contribution in [0, 0.1) is 0 Å². The third kappa shape index (κ3) is 4.76. The Morgan fingerprint density at radius 1 is 1.15 bits per heavy atom. The number of halogens is 4. The van der Waals surface area contributed by atoms with E-state index in [1.807, 2.05) is 13.1 Å². The second-order valence-corrected chi connectivity index (χ2v) is 4.10. The number of hydrogen-bond donors (Lipinski definition) is 1. The number of alkyl halides is 3. The van der Waals surface area contributed by atoms with Crippen LogP contribution in [0.15, 0.2) is 24.8 Å². The fraction of sp³-hybridized carbons (Fsp3) is 0.455. The van der Waals surface area contributed by atoms with Gasteiger partial charge in [0, 0.05) is 31.0 Å². The average molecular weight is 310 g/mol. The van der Waals surface area contributed by atoms with Crippen LogP contribution in [0.4, 0.5) is 18.9 Å². The lowest BCUT2D eigenvalue weighted by molar-refractivity contribution is -0.142. The minimum Gasteiger partial charge on any atom is -0.378 e. The van der Waals surface area contributed by atoms with Crippen LogP contribution in [0.3, 0.4) is 0 Å². The Balaban J connectivity index is 0.00000200.